The highest BCUT2D eigenvalue weighted by atomic mass is 19.1. The molecule has 0 spiro atoms. The van der Waals surface area contributed by atoms with E-state index in [1.165, 1.54) is 56.2 Å². The molecule has 6 heteroatoms. The van der Waals surface area contributed by atoms with Crippen LogP contribution in [0.1, 0.15) is 122 Å². The molecule has 4 fully saturated rings. The van der Waals surface area contributed by atoms with Crippen molar-refractivity contribution in [2.75, 3.05) is 11.9 Å². The first-order valence-electron chi connectivity index (χ1n) is 20.4. The van der Waals surface area contributed by atoms with Crippen LogP contribution in [0.3, 0.4) is 0 Å². The molecular weight excluding hydrogens is 720 g/mol. The largest absolute Gasteiger partial charge is 0.478 e. The maximum Gasteiger partial charge on any atom is 0.335 e. The summed E-state index contributed by atoms with van der Waals surface area (Å²) in [6, 6.07) is 13.7. The van der Waals surface area contributed by atoms with Gasteiger partial charge in [0, 0.05) is 11.2 Å². The van der Waals surface area contributed by atoms with E-state index in [1.54, 1.807) is 30.3 Å². The maximum atomic E-state index is 13.4. The lowest BCUT2D eigenvalue weighted by Gasteiger charge is -2.72. The first-order chi connectivity index (χ1) is 27.6. The highest BCUT2D eigenvalue weighted by molar-refractivity contribution is 5.88. The number of hydrogen-bond acceptors (Lipinski definition) is 3. The summed E-state index contributed by atoms with van der Waals surface area (Å²) >= 11 is 0. The van der Waals surface area contributed by atoms with Crippen LogP contribution in [0.15, 0.2) is 67.3 Å². The van der Waals surface area contributed by atoms with Gasteiger partial charge in [-0.05, 0) is 158 Å². The van der Waals surface area contributed by atoms with E-state index in [0.29, 0.717) is 29.2 Å². The lowest BCUT2D eigenvalue weighted by Crippen LogP contribution is -2.67. The summed E-state index contributed by atoms with van der Waals surface area (Å²) in [5, 5.41) is 16.2. The average molecular weight is 787 g/mol. The van der Waals surface area contributed by atoms with Gasteiger partial charge in [-0.25, -0.2) is 9.18 Å². The summed E-state index contributed by atoms with van der Waals surface area (Å²) in [6.07, 6.45) is 47.9. The Kier molecular flexibility index (Phi) is 17.3. The second-order valence-corrected chi connectivity index (χ2v) is 17.6. The number of carboxylic acid groups (broad SMARTS) is 1. The SMILES string of the molecule is C#C.C#C.C#C.C#C.C=CC.CC1(C)C(c2ccc(C(=O)O)cc2)=CC[C@@]2(C)C1CC[C@]1(C)C2CC[C@@H]2C3CCC[C@]3(NC(=O)CNc3ccc(F)cc3)CC[C@]21C. The molecule has 5 aliphatic carbocycles. The number of benzene rings is 2. The lowest BCUT2D eigenvalue weighted by molar-refractivity contribution is -0.216. The van der Waals surface area contributed by atoms with E-state index in [0.717, 1.165) is 36.9 Å². The fourth-order valence-corrected chi connectivity index (χ4v) is 12.7. The molecule has 5 nitrogen and oxygen atoms in total. The van der Waals surface area contributed by atoms with Crippen LogP contribution in [0.5, 0.6) is 0 Å². The molecule has 2 aromatic carbocycles. The Morgan fingerprint density at radius 3 is 1.93 bits per heavy atom. The minimum absolute atomic E-state index is 0.00375. The summed E-state index contributed by atoms with van der Waals surface area (Å²) in [4.78, 5) is 24.9. The molecule has 5 aliphatic rings. The molecule has 0 radical (unpaired) electrons. The summed E-state index contributed by atoms with van der Waals surface area (Å²) in [5.74, 6) is 1.22. The smallest absolute Gasteiger partial charge is 0.335 e. The lowest BCUT2D eigenvalue weighted by atomic mass is 9.33. The standard InChI is InChI=1S/C41H53FN2O3.C3H6.4C2H2/c1-37(2)30(26-8-10-27(11-9-26)36(46)47)18-21-38(3)33(37)19-22-40(5)34(38)17-16-31-32-7-6-20-41(32,24-23-39(31,40)4)44-35(45)25-43-29-14-12-28(42)13-15-29;1-3-2;4*1-2/h8-15,18,31-34,43H,6-7,16-17,19-25H2,1-5H3,(H,44,45)(H,46,47);3H,1H2,2H3;4*1-2H/t31-,32?,33?,34?,38+,39-,40-,41+;;;;;/m1...../s1. The third-order valence-corrected chi connectivity index (χ3v) is 15.1. The molecule has 3 unspecified atom stereocenters. The molecule has 310 valence electrons. The fraction of sp³-hybridized carbons (Fsp3) is 0.500. The van der Waals surface area contributed by atoms with Crippen molar-refractivity contribution >= 4 is 23.1 Å². The molecule has 1 amide bonds. The van der Waals surface area contributed by atoms with Crippen LogP contribution in [0.25, 0.3) is 5.57 Å². The minimum Gasteiger partial charge on any atom is -0.478 e. The molecule has 4 saturated carbocycles. The summed E-state index contributed by atoms with van der Waals surface area (Å²) in [7, 11) is 0. The van der Waals surface area contributed by atoms with Crippen molar-refractivity contribution in [2.45, 2.75) is 111 Å². The molecule has 0 bridgehead atoms. The highest BCUT2D eigenvalue weighted by Gasteiger charge is 2.69. The van der Waals surface area contributed by atoms with E-state index in [1.807, 2.05) is 19.1 Å². The average Bonchev–Trinajstić information content (AvgIpc) is 3.64. The molecule has 8 atom stereocenters. The predicted molar refractivity (Wildman–Crippen MR) is 241 cm³/mol. The molecule has 58 heavy (non-hydrogen) atoms. The van der Waals surface area contributed by atoms with Crippen molar-refractivity contribution in [2.24, 2.45) is 45.3 Å². The number of carbonyl (C=O) groups excluding carboxylic acids is 1. The van der Waals surface area contributed by atoms with Crippen LogP contribution in [0.4, 0.5) is 10.1 Å². The van der Waals surface area contributed by atoms with E-state index in [2.05, 4.69) is 109 Å². The van der Waals surface area contributed by atoms with Gasteiger partial charge < -0.3 is 15.7 Å². The van der Waals surface area contributed by atoms with Crippen LogP contribution in [0, 0.1) is 103 Å². The number of carbonyl (C=O) groups is 2. The number of fused-ring (bicyclic) bond motifs is 7. The number of amides is 1. The van der Waals surface area contributed by atoms with Crippen LogP contribution in [0.2, 0.25) is 0 Å². The third kappa shape index (κ3) is 8.94. The second-order valence-electron chi connectivity index (χ2n) is 17.6. The molecule has 0 aromatic heterocycles. The Morgan fingerprint density at radius 2 is 1.36 bits per heavy atom. The highest BCUT2D eigenvalue weighted by Crippen LogP contribution is 2.76. The summed E-state index contributed by atoms with van der Waals surface area (Å²) in [6.45, 7) is 18.2. The van der Waals surface area contributed by atoms with E-state index in [-0.39, 0.29) is 45.5 Å². The normalized spacial score (nSPS) is 31.6. The van der Waals surface area contributed by atoms with Gasteiger partial charge in [0.1, 0.15) is 5.82 Å². The first kappa shape index (κ1) is 49.0. The molecule has 2 aromatic rings. The minimum atomic E-state index is -0.879. The third-order valence-electron chi connectivity index (χ3n) is 15.1. The van der Waals surface area contributed by atoms with E-state index >= 15 is 0 Å². The van der Waals surface area contributed by atoms with Crippen molar-refractivity contribution in [3.8, 4) is 51.4 Å². The summed E-state index contributed by atoms with van der Waals surface area (Å²) in [5.41, 5.74) is 4.20. The number of anilines is 1. The molecular formula is C52H67FN2O3. The number of hydrogen-bond donors (Lipinski definition) is 3. The van der Waals surface area contributed by atoms with Crippen molar-refractivity contribution in [1.29, 1.82) is 0 Å². The molecule has 0 heterocycles. The van der Waals surface area contributed by atoms with Gasteiger partial charge in [0.2, 0.25) is 5.91 Å². The number of allylic oxidation sites excluding steroid dienone is 3. The van der Waals surface area contributed by atoms with Gasteiger partial charge in [0.05, 0.1) is 12.1 Å². The molecule has 0 aliphatic heterocycles. The van der Waals surface area contributed by atoms with Gasteiger partial charge in [0.15, 0.2) is 0 Å². The maximum absolute atomic E-state index is 13.4. The number of carboxylic acids is 1. The number of nitrogens with one attached hydrogen (secondary N) is 2. The van der Waals surface area contributed by atoms with Crippen LogP contribution in [-0.2, 0) is 4.79 Å². The Morgan fingerprint density at radius 1 is 0.776 bits per heavy atom. The van der Waals surface area contributed by atoms with Crippen LogP contribution >= 0.6 is 0 Å². The number of rotatable bonds is 6. The topological polar surface area (TPSA) is 78.4 Å². The Balaban J connectivity index is 0.000000969. The van der Waals surface area contributed by atoms with Gasteiger partial charge in [-0.3, -0.25) is 4.79 Å². The van der Waals surface area contributed by atoms with Gasteiger partial charge in [-0.1, -0.05) is 65.3 Å². The Hall–Kier alpha value is -5.17. The first-order valence-corrected chi connectivity index (χ1v) is 20.4. The van der Waals surface area contributed by atoms with E-state index in [4.69, 9.17) is 0 Å². The van der Waals surface area contributed by atoms with E-state index in [9.17, 15) is 19.1 Å². The number of halogens is 1. The van der Waals surface area contributed by atoms with Crippen molar-refractivity contribution in [3.05, 3.63) is 84.2 Å². The monoisotopic (exact) mass is 787 g/mol. The zero-order valence-corrected chi connectivity index (χ0v) is 35.8. The zero-order valence-electron chi connectivity index (χ0n) is 35.8. The van der Waals surface area contributed by atoms with Crippen molar-refractivity contribution in [1.82, 2.24) is 5.32 Å². The fourth-order valence-electron chi connectivity index (χ4n) is 12.7. The van der Waals surface area contributed by atoms with Crippen molar-refractivity contribution in [3.63, 3.8) is 0 Å². The zero-order chi connectivity index (χ0) is 44.1. The Bertz CT molecular complexity index is 1790. The molecule has 7 rings (SSSR count). The number of terminal acetylenes is 4. The van der Waals surface area contributed by atoms with Gasteiger partial charge in [-0.15, -0.1) is 58.0 Å². The second kappa shape index (κ2) is 20.5. The molecule has 0 saturated heterocycles. The quantitative estimate of drug-likeness (QED) is 0.201. The Labute approximate surface area is 350 Å². The van der Waals surface area contributed by atoms with Crippen LogP contribution in [-0.4, -0.2) is 29.1 Å². The molecule has 3 N–H and O–H groups in total. The van der Waals surface area contributed by atoms with Gasteiger partial charge in [-0.2, -0.15) is 0 Å². The predicted octanol–water partition coefficient (Wildman–Crippen LogP) is 11.5. The van der Waals surface area contributed by atoms with Crippen LogP contribution < -0.4 is 10.6 Å². The van der Waals surface area contributed by atoms with Gasteiger partial charge >= 0.3 is 5.97 Å². The summed E-state index contributed by atoms with van der Waals surface area (Å²) < 4.78 is 13.4. The van der Waals surface area contributed by atoms with E-state index < -0.39 is 5.97 Å². The van der Waals surface area contributed by atoms with Crippen molar-refractivity contribution < 1.29 is 19.1 Å². The van der Waals surface area contributed by atoms with Gasteiger partial charge in [0.25, 0.3) is 0 Å². The number of aromatic carboxylic acids is 1.